The zero-order valence-electron chi connectivity index (χ0n) is 67.8. The third kappa shape index (κ3) is 27.3. The number of hydrogen-bond acceptors (Lipinski definition) is 18. The Hall–Kier alpha value is -4.70. The molecule has 21 nitrogen and oxygen atoms in total. The molecule has 0 aromatic heterocycles. The Morgan fingerprint density at radius 3 is 1.37 bits per heavy atom. The van der Waals surface area contributed by atoms with E-state index in [2.05, 4.69) is 107 Å². The molecular formula is C79H125B3Cl3N3O18Si2. The highest BCUT2D eigenvalue weighted by atomic mass is 35.5. The summed E-state index contributed by atoms with van der Waals surface area (Å²) in [4.78, 5) is 70.1. The van der Waals surface area contributed by atoms with Gasteiger partial charge in [-0.05, 0) is 183 Å². The zero-order chi connectivity index (χ0) is 80.5. The van der Waals surface area contributed by atoms with Gasteiger partial charge in [-0.3, -0.25) is 14.4 Å². The highest BCUT2D eigenvalue weighted by molar-refractivity contribution is 6.90. The van der Waals surface area contributed by atoms with Crippen molar-refractivity contribution in [2.24, 2.45) is 46.3 Å². The van der Waals surface area contributed by atoms with Gasteiger partial charge in [-0.2, -0.15) is 0 Å². The number of nitrogens with one attached hydrogen (secondary N) is 2. The minimum absolute atomic E-state index is 0.0260. The fourth-order valence-corrected chi connectivity index (χ4v) is 27.8. The first-order valence-electron chi connectivity index (χ1n) is 38.6. The number of alkyl halides is 2. The Morgan fingerprint density at radius 1 is 0.583 bits per heavy atom. The Kier molecular flexibility index (Phi) is 34.0. The SMILES string of the molecule is C[C@@H](CC[C@@H](B1O[C@@H]2C[C@@H]3C[C@@H](C3(C)C)[C@]2(C)O1)N([Si](C)(C)C)[Si](C)(C)C)CC(=O)OC(C)(C)C.C[C@@H](CC[C@H](NC(=O)OCc1ccccc1)B1O[C@@H]2C[C@@H]3C[C@@H](C3(C)C)[C@]2(C)O1)CC(=O)OC(C)(C)C.ClCCl.O=C(Cl)OCc1ccccc1.O=C(O)C[C@@H]1CC[C@H](NC(=O)OCc2ccccc2)B(O)O1. The first-order chi connectivity index (χ1) is 50.2. The van der Waals surface area contributed by atoms with E-state index in [0.29, 0.717) is 61.7 Å². The molecular weight excluding hydrogens is 1470 g/mol. The molecule has 602 valence electrons. The smallest absolute Gasteiger partial charge is 0.481 e. The van der Waals surface area contributed by atoms with E-state index in [1.165, 1.54) is 12.8 Å². The summed E-state index contributed by atoms with van der Waals surface area (Å²) in [5.41, 5.74) is 1.05. The van der Waals surface area contributed by atoms with E-state index in [1.807, 2.05) is 139 Å². The third-order valence-corrected chi connectivity index (χ3v) is 29.9. The van der Waals surface area contributed by atoms with Crippen molar-refractivity contribution in [3.05, 3.63) is 108 Å². The molecule has 0 radical (unpaired) electrons. The van der Waals surface area contributed by atoms with Crippen LogP contribution < -0.4 is 10.6 Å². The number of amides is 2. The number of carboxylic acids is 1. The van der Waals surface area contributed by atoms with E-state index in [4.69, 9.17) is 82.1 Å². The maximum absolute atomic E-state index is 12.8. The van der Waals surface area contributed by atoms with E-state index < -0.39 is 77.5 Å². The number of alkyl carbamates (subject to hydrolysis) is 2. The van der Waals surface area contributed by atoms with Crippen LogP contribution in [0.25, 0.3) is 0 Å². The van der Waals surface area contributed by atoms with Crippen LogP contribution in [0.4, 0.5) is 14.4 Å². The number of hydrogen-bond donors (Lipinski definition) is 4. The number of benzene rings is 3. The van der Waals surface area contributed by atoms with Crippen LogP contribution in [-0.2, 0) is 81.2 Å². The van der Waals surface area contributed by atoms with Crippen LogP contribution in [0.5, 0.6) is 0 Å². The molecule has 108 heavy (non-hydrogen) atoms. The van der Waals surface area contributed by atoms with E-state index in [-0.39, 0.29) is 103 Å². The average molecular weight is 1600 g/mol. The number of esters is 2. The number of halogens is 3. The van der Waals surface area contributed by atoms with Crippen molar-refractivity contribution >= 4 is 108 Å². The third-order valence-electron chi connectivity index (χ3n) is 22.3. The number of rotatable bonds is 25. The lowest BCUT2D eigenvalue weighted by atomic mass is 9.43. The quantitative estimate of drug-likeness (QED) is 0.0202. The number of carboxylic acid groups (broad SMARTS) is 1. The summed E-state index contributed by atoms with van der Waals surface area (Å²) in [5.74, 6) is 0.730. The zero-order valence-corrected chi connectivity index (χ0v) is 72.1. The van der Waals surface area contributed by atoms with Gasteiger partial charge in [-0.1, -0.05) is 172 Å². The Labute approximate surface area is 662 Å². The van der Waals surface area contributed by atoms with Crippen molar-refractivity contribution in [1.82, 2.24) is 14.9 Å². The highest BCUT2D eigenvalue weighted by Gasteiger charge is 2.70. The van der Waals surface area contributed by atoms with E-state index in [1.54, 1.807) is 0 Å². The van der Waals surface area contributed by atoms with Crippen LogP contribution in [-0.4, -0.2) is 152 Å². The Balaban J connectivity index is 0.000000237. The number of aliphatic carboxylic acids is 1. The summed E-state index contributed by atoms with van der Waals surface area (Å²) in [7, 11) is -5.28. The number of carbonyl (C=O) groups is 6. The van der Waals surface area contributed by atoms with E-state index in [9.17, 15) is 33.8 Å². The summed E-state index contributed by atoms with van der Waals surface area (Å²) in [5, 5.41) is 24.2. The fourth-order valence-electron chi connectivity index (χ4n) is 17.2. The van der Waals surface area contributed by atoms with E-state index >= 15 is 0 Å². The second-order valence-corrected chi connectivity index (χ2v) is 47.2. The van der Waals surface area contributed by atoms with Gasteiger partial charge in [0, 0.05) is 30.4 Å². The first kappa shape index (κ1) is 92.2. The molecule has 3 aromatic carbocycles. The minimum Gasteiger partial charge on any atom is -0.481 e. The molecule has 0 spiro atoms. The second-order valence-electron chi connectivity index (χ2n) is 36.0. The van der Waals surface area contributed by atoms with Crippen LogP contribution >= 0.6 is 34.8 Å². The van der Waals surface area contributed by atoms with Gasteiger partial charge in [0.2, 0.25) is 0 Å². The Bertz CT molecular complexity index is 3340. The summed E-state index contributed by atoms with van der Waals surface area (Å²) in [6.07, 6.45) is 7.89. The van der Waals surface area contributed by atoms with Crippen LogP contribution in [0.2, 0.25) is 39.3 Å². The lowest BCUT2D eigenvalue weighted by Gasteiger charge is -2.64. The van der Waals surface area contributed by atoms with Crippen LogP contribution in [0.3, 0.4) is 0 Å². The maximum atomic E-state index is 12.8. The molecule has 2 amide bonds. The van der Waals surface area contributed by atoms with Gasteiger partial charge in [0.05, 0.1) is 53.2 Å². The van der Waals surface area contributed by atoms with E-state index in [0.717, 1.165) is 48.3 Å². The van der Waals surface area contributed by atoms with Crippen molar-refractivity contribution in [1.29, 1.82) is 0 Å². The molecule has 9 fully saturated rings. The summed E-state index contributed by atoms with van der Waals surface area (Å²) >= 11 is 14.5. The van der Waals surface area contributed by atoms with Gasteiger partial charge in [0.25, 0.3) is 0 Å². The molecule has 4 N–H and O–H groups in total. The first-order valence-corrected chi connectivity index (χ1v) is 46.9. The summed E-state index contributed by atoms with van der Waals surface area (Å²) < 4.78 is 61.3. The number of carbonyl (C=O) groups excluding carboxylic acids is 5. The van der Waals surface area contributed by atoms with Crippen LogP contribution in [0.15, 0.2) is 91.0 Å². The molecule has 6 aliphatic carbocycles. The van der Waals surface area contributed by atoms with Crippen molar-refractivity contribution in [2.45, 2.75) is 298 Å². The molecule has 12 rings (SSSR count). The maximum Gasteiger partial charge on any atom is 0.481 e. The van der Waals surface area contributed by atoms with Gasteiger partial charge in [0.15, 0.2) is 0 Å². The van der Waals surface area contributed by atoms with Gasteiger partial charge in [-0.25, -0.2) is 14.4 Å². The largest absolute Gasteiger partial charge is 0.481 e. The molecule has 9 aliphatic rings. The summed E-state index contributed by atoms with van der Waals surface area (Å²) in [6, 6.07) is 28.2. The molecule has 4 bridgehead atoms. The van der Waals surface area contributed by atoms with Crippen LogP contribution in [0.1, 0.15) is 197 Å². The predicted octanol–water partition coefficient (Wildman–Crippen LogP) is 17.4. The van der Waals surface area contributed by atoms with Gasteiger partial charge in [-0.15, -0.1) is 23.2 Å². The van der Waals surface area contributed by atoms with Crippen molar-refractivity contribution in [3.8, 4) is 0 Å². The van der Waals surface area contributed by atoms with Gasteiger partial charge >= 0.3 is 56.9 Å². The topological polar surface area (TPSA) is 262 Å². The Morgan fingerprint density at radius 2 is 0.981 bits per heavy atom. The molecule has 3 aromatic rings. The lowest BCUT2D eigenvalue weighted by molar-refractivity contribution is -0.199. The van der Waals surface area contributed by atoms with Crippen LogP contribution in [0, 0.1) is 46.3 Å². The average Bonchev–Trinajstić information content (AvgIpc) is 1.43. The predicted molar refractivity (Wildman–Crippen MR) is 431 cm³/mol. The second kappa shape index (κ2) is 39.9. The van der Waals surface area contributed by atoms with Gasteiger partial charge < -0.3 is 72.0 Å². The van der Waals surface area contributed by atoms with Crippen molar-refractivity contribution in [2.75, 3.05) is 5.34 Å². The van der Waals surface area contributed by atoms with Gasteiger partial charge in [0.1, 0.15) is 47.5 Å². The highest BCUT2D eigenvalue weighted by Crippen LogP contribution is 2.67. The summed E-state index contributed by atoms with van der Waals surface area (Å²) in [6.45, 7) is 45.0. The fraction of sp³-hybridized carbons (Fsp3) is 0.696. The standard InChI is InChI=1S/C29H44BNO6.C27H54BNO4Si2.C14H18BNO6.C8H7ClO2.CH2Cl2/c1-19(15-25(32)35-27(2,3)4)13-14-24(31-26(33)34-18-20-11-9-8-10-12-20)30-36-23-17-21-16-22(28(21,5)6)29(23,7)37-30;1-19(16-24(30)31-25(2,3)4)14-15-23(29(34(8,9)10)35(11,12)13)28-32-22-18-20-17-21(26(20,5)6)27(22,7)33-28;17-13(18)8-11-6-7-12(15(20)22-11)16-14(19)21-9-10-4-2-1-3-5-10;9-8(10)11-6-7-4-2-1-3-5-7;2-1-3/h8-12,19,21-24H,13-18H2,1-7H3,(H,31,33);19-23H,14-18H2,1-13H3;1-5,11-12,20H,6-9H2,(H,16,19)(H,17,18);1-5H,6H2;1H2/t19-,21-,22-,23+,24-,29-;19-,20-,21-,22+,23-,27-;11-,12-;;/m000../s1. The molecule has 6 saturated carbocycles. The van der Waals surface area contributed by atoms with Crippen molar-refractivity contribution < 1.29 is 85.9 Å². The number of ether oxygens (including phenoxy) is 5. The molecule has 29 heteroatoms. The lowest BCUT2D eigenvalue weighted by Crippen LogP contribution is -2.67. The van der Waals surface area contributed by atoms with Crippen molar-refractivity contribution in [3.63, 3.8) is 0 Å². The molecule has 3 saturated heterocycles. The normalized spacial score (nSPS) is 26.0. The minimum atomic E-state index is -1.65. The number of nitrogens with zero attached hydrogens (tertiary/aromatic N) is 1. The molecule has 3 heterocycles. The monoisotopic (exact) mass is 1600 g/mol. The molecule has 0 unspecified atom stereocenters. The molecule has 3 aliphatic heterocycles. The molecule has 14 atom stereocenters.